The zero-order chi connectivity index (χ0) is 25.5. The van der Waals surface area contributed by atoms with E-state index in [1.54, 1.807) is 18.2 Å². The molecular weight excluding hydrogens is 469 g/mol. The number of esters is 1. The average molecular weight is 498 g/mol. The Kier molecular flexibility index (Phi) is 5.99. The van der Waals surface area contributed by atoms with Gasteiger partial charge in [-0.3, -0.25) is 4.79 Å². The standard InChI is InChI=1S/C30H28FN3O3/c1-37-30(36)24-10-13-26-27(16-24)34(18-19-14-15-33(17-19)29(35)23-6-7-23)28(32-26)22-4-2-20(3-5-22)21-8-11-25(31)12-9-21/h2-5,8-13,16,19,23H,6-7,14-15,17-18H2,1H3/t19-/m0/s1. The molecular formula is C30H28FN3O3. The molecule has 7 heteroatoms. The van der Waals surface area contributed by atoms with Gasteiger partial charge in [-0.1, -0.05) is 36.4 Å². The molecule has 0 unspecified atom stereocenters. The van der Waals surface area contributed by atoms with Gasteiger partial charge in [0.05, 0.1) is 23.7 Å². The van der Waals surface area contributed by atoms with E-state index in [0.717, 1.165) is 65.9 Å². The molecule has 3 aromatic carbocycles. The molecule has 0 N–H and O–H groups in total. The Morgan fingerprint density at radius 1 is 0.946 bits per heavy atom. The van der Waals surface area contributed by atoms with Gasteiger partial charge in [-0.25, -0.2) is 14.2 Å². The Morgan fingerprint density at radius 3 is 2.30 bits per heavy atom. The number of hydrogen-bond donors (Lipinski definition) is 0. The van der Waals surface area contributed by atoms with Gasteiger partial charge in [-0.2, -0.15) is 0 Å². The van der Waals surface area contributed by atoms with Gasteiger partial charge in [0.25, 0.3) is 0 Å². The highest BCUT2D eigenvalue weighted by molar-refractivity contribution is 5.94. The van der Waals surface area contributed by atoms with Crippen molar-refractivity contribution in [1.82, 2.24) is 14.5 Å². The highest BCUT2D eigenvalue weighted by Crippen LogP contribution is 2.34. The number of likely N-dealkylation sites (tertiary alicyclic amines) is 1. The second-order valence-electron chi connectivity index (χ2n) is 10.0. The molecule has 1 atom stereocenters. The molecule has 1 aromatic heterocycles. The van der Waals surface area contributed by atoms with Crippen LogP contribution >= 0.6 is 0 Å². The van der Waals surface area contributed by atoms with Crippen LogP contribution < -0.4 is 0 Å². The minimum atomic E-state index is -0.387. The summed E-state index contributed by atoms with van der Waals surface area (Å²) in [5, 5.41) is 0. The van der Waals surface area contributed by atoms with E-state index in [9.17, 15) is 14.0 Å². The molecule has 2 fully saturated rings. The smallest absolute Gasteiger partial charge is 0.337 e. The summed E-state index contributed by atoms with van der Waals surface area (Å²) in [5.74, 6) is 0.994. The lowest BCUT2D eigenvalue weighted by Crippen LogP contribution is -2.30. The number of hydrogen-bond acceptors (Lipinski definition) is 4. The highest BCUT2D eigenvalue weighted by atomic mass is 19.1. The summed E-state index contributed by atoms with van der Waals surface area (Å²) in [6.07, 6.45) is 2.97. The van der Waals surface area contributed by atoms with Crippen LogP contribution in [0.2, 0.25) is 0 Å². The number of benzene rings is 3. The minimum Gasteiger partial charge on any atom is -0.465 e. The van der Waals surface area contributed by atoms with Crippen LogP contribution in [0.15, 0.2) is 66.7 Å². The molecule has 6 rings (SSSR count). The maximum Gasteiger partial charge on any atom is 0.337 e. The molecule has 2 aliphatic rings. The number of ether oxygens (including phenoxy) is 1. The summed E-state index contributed by atoms with van der Waals surface area (Å²) in [6, 6.07) is 19.9. The summed E-state index contributed by atoms with van der Waals surface area (Å²) in [6.45, 7) is 2.24. The summed E-state index contributed by atoms with van der Waals surface area (Å²) >= 11 is 0. The van der Waals surface area contributed by atoms with Gasteiger partial charge in [-0.05, 0) is 66.6 Å². The topological polar surface area (TPSA) is 64.4 Å². The highest BCUT2D eigenvalue weighted by Gasteiger charge is 2.36. The molecule has 37 heavy (non-hydrogen) atoms. The van der Waals surface area contributed by atoms with E-state index >= 15 is 0 Å². The second-order valence-corrected chi connectivity index (χ2v) is 10.0. The maximum absolute atomic E-state index is 13.4. The molecule has 1 amide bonds. The fourth-order valence-electron chi connectivity index (χ4n) is 5.26. The molecule has 0 radical (unpaired) electrons. The fourth-order valence-corrected chi connectivity index (χ4v) is 5.26. The molecule has 0 spiro atoms. The van der Waals surface area contributed by atoms with Crippen LogP contribution in [-0.4, -0.2) is 46.5 Å². The number of amides is 1. The van der Waals surface area contributed by atoms with Crippen LogP contribution in [0.5, 0.6) is 0 Å². The van der Waals surface area contributed by atoms with Gasteiger partial charge in [-0.15, -0.1) is 0 Å². The van der Waals surface area contributed by atoms with Crippen molar-refractivity contribution in [2.24, 2.45) is 11.8 Å². The van der Waals surface area contributed by atoms with E-state index in [1.807, 2.05) is 41.3 Å². The third-order valence-electron chi connectivity index (χ3n) is 7.45. The largest absolute Gasteiger partial charge is 0.465 e. The molecule has 1 saturated carbocycles. The van der Waals surface area contributed by atoms with Crippen molar-refractivity contribution >= 4 is 22.9 Å². The number of carbonyl (C=O) groups excluding carboxylic acids is 2. The third kappa shape index (κ3) is 4.61. The Hall–Kier alpha value is -4.00. The first kappa shape index (κ1) is 23.4. The first-order valence-electron chi connectivity index (χ1n) is 12.7. The van der Waals surface area contributed by atoms with Crippen molar-refractivity contribution in [1.29, 1.82) is 0 Å². The number of methoxy groups -OCH3 is 1. The normalized spacial score (nSPS) is 17.4. The molecule has 6 nitrogen and oxygen atoms in total. The van der Waals surface area contributed by atoms with E-state index in [1.165, 1.54) is 19.2 Å². The van der Waals surface area contributed by atoms with Gasteiger partial charge < -0.3 is 14.2 Å². The van der Waals surface area contributed by atoms with Gasteiger partial charge in [0.2, 0.25) is 5.91 Å². The van der Waals surface area contributed by atoms with Crippen LogP contribution in [0, 0.1) is 17.7 Å². The van der Waals surface area contributed by atoms with Crippen LogP contribution in [0.4, 0.5) is 4.39 Å². The van der Waals surface area contributed by atoms with E-state index in [-0.39, 0.29) is 17.7 Å². The van der Waals surface area contributed by atoms with Crippen molar-refractivity contribution < 1.29 is 18.7 Å². The number of imidazole rings is 1. The van der Waals surface area contributed by atoms with Gasteiger partial charge in [0.1, 0.15) is 11.6 Å². The van der Waals surface area contributed by atoms with Crippen LogP contribution in [0.3, 0.4) is 0 Å². The molecule has 1 aliphatic carbocycles. The molecule has 1 aliphatic heterocycles. The zero-order valence-electron chi connectivity index (χ0n) is 20.7. The zero-order valence-corrected chi connectivity index (χ0v) is 20.7. The SMILES string of the molecule is COC(=O)c1ccc2nc(-c3ccc(-c4ccc(F)cc4)cc3)n(C[C@H]3CCN(C(=O)C4CC4)C3)c2c1. The predicted molar refractivity (Wildman–Crippen MR) is 139 cm³/mol. The van der Waals surface area contributed by atoms with Crippen molar-refractivity contribution in [3.63, 3.8) is 0 Å². The minimum absolute atomic E-state index is 0.227. The van der Waals surface area contributed by atoms with Crippen LogP contribution in [0.1, 0.15) is 29.6 Å². The predicted octanol–water partition coefficient (Wildman–Crippen LogP) is 5.55. The van der Waals surface area contributed by atoms with E-state index in [0.29, 0.717) is 23.9 Å². The lowest BCUT2D eigenvalue weighted by molar-refractivity contribution is -0.131. The summed E-state index contributed by atoms with van der Waals surface area (Å²) in [5.41, 5.74) is 5.03. The third-order valence-corrected chi connectivity index (χ3v) is 7.45. The lowest BCUT2D eigenvalue weighted by atomic mass is 10.0. The number of fused-ring (bicyclic) bond motifs is 1. The van der Waals surface area contributed by atoms with Crippen molar-refractivity contribution in [3.05, 3.63) is 78.1 Å². The number of rotatable bonds is 6. The molecule has 2 heterocycles. The Labute approximate surface area is 214 Å². The summed E-state index contributed by atoms with van der Waals surface area (Å²) < 4.78 is 20.5. The molecule has 0 bridgehead atoms. The average Bonchev–Trinajstić information content (AvgIpc) is 3.58. The first-order valence-corrected chi connectivity index (χ1v) is 12.7. The Morgan fingerprint density at radius 2 is 1.62 bits per heavy atom. The fraction of sp³-hybridized carbons (Fsp3) is 0.300. The molecule has 188 valence electrons. The van der Waals surface area contributed by atoms with E-state index < -0.39 is 0 Å². The number of nitrogens with zero attached hydrogens (tertiary/aromatic N) is 3. The van der Waals surface area contributed by atoms with Crippen LogP contribution in [0.25, 0.3) is 33.5 Å². The molecule has 1 saturated heterocycles. The second kappa shape index (κ2) is 9.47. The van der Waals surface area contributed by atoms with Crippen molar-refractivity contribution in [3.8, 4) is 22.5 Å². The van der Waals surface area contributed by atoms with Gasteiger partial charge in [0.15, 0.2) is 0 Å². The number of carbonyl (C=O) groups is 2. The summed E-state index contributed by atoms with van der Waals surface area (Å²) in [4.78, 5) is 31.8. The Balaban J connectivity index is 1.35. The quantitative estimate of drug-likeness (QED) is 0.328. The van der Waals surface area contributed by atoms with Gasteiger partial charge in [0, 0.05) is 31.1 Å². The maximum atomic E-state index is 13.4. The van der Waals surface area contributed by atoms with Crippen molar-refractivity contribution in [2.45, 2.75) is 25.8 Å². The summed E-state index contributed by atoms with van der Waals surface area (Å²) in [7, 11) is 1.38. The Bertz CT molecular complexity index is 1470. The van der Waals surface area contributed by atoms with Gasteiger partial charge >= 0.3 is 5.97 Å². The number of halogens is 1. The monoisotopic (exact) mass is 497 g/mol. The van der Waals surface area contributed by atoms with E-state index in [2.05, 4.69) is 4.57 Å². The lowest BCUT2D eigenvalue weighted by Gasteiger charge is -2.18. The first-order chi connectivity index (χ1) is 18.0. The van der Waals surface area contributed by atoms with Crippen LogP contribution in [-0.2, 0) is 16.1 Å². The molecule has 4 aromatic rings. The van der Waals surface area contributed by atoms with E-state index in [4.69, 9.17) is 9.72 Å². The number of aromatic nitrogens is 2. The van der Waals surface area contributed by atoms with Crippen molar-refractivity contribution in [2.75, 3.05) is 20.2 Å².